The number of halogens is 1. The summed E-state index contributed by atoms with van der Waals surface area (Å²) in [5.41, 5.74) is 0. The summed E-state index contributed by atoms with van der Waals surface area (Å²) in [5, 5.41) is 0. The quantitative estimate of drug-likeness (QED) is 0.628. The number of fused-ring (bicyclic) bond motifs is 3. The first-order chi connectivity index (χ1) is 5.80. The average Bonchev–Trinajstić information content (AvgIpc) is 2.68. The summed E-state index contributed by atoms with van der Waals surface area (Å²) in [6.07, 6.45) is 3.03. The molecule has 0 radical (unpaired) electrons. The predicted octanol–water partition coefficient (Wildman–Crippen LogP) is 1.18. The number of hydrogen-bond donors (Lipinski definition) is 0. The highest BCUT2D eigenvalue weighted by Gasteiger charge is 2.56. The zero-order valence-corrected chi connectivity index (χ0v) is 8.04. The van der Waals surface area contributed by atoms with Crippen molar-refractivity contribution in [2.24, 2.45) is 0 Å². The fourth-order valence-corrected chi connectivity index (χ4v) is 2.55. The summed E-state index contributed by atoms with van der Waals surface area (Å²) in [5.74, 6) is -0.443. The van der Waals surface area contributed by atoms with Gasteiger partial charge in [-0.25, -0.2) is 0 Å². The number of hydrogen-bond acceptors (Lipinski definition) is 3. The van der Waals surface area contributed by atoms with Crippen LogP contribution < -0.4 is 0 Å². The summed E-state index contributed by atoms with van der Waals surface area (Å²) >= 11 is 3.45. The van der Waals surface area contributed by atoms with E-state index in [9.17, 15) is 0 Å². The molecule has 0 aliphatic carbocycles. The number of rotatable bonds is 0. The Labute approximate surface area is 78.8 Å². The van der Waals surface area contributed by atoms with E-state index in [0.717, 1.165) is 10.9 Å². The Morgan fingerprint density at radius 3 is 2.67 bits per heavy atom. The third-order valence-electron chi connectivity index (χ3n) is 2.61. The summed E-state index contributed by atoms with van der Waals surface area (Å²) < 4.78 is 17.9. The second-order valence-electron chi connectivity index (χ2n) is 3.31. The maximum absolute atomic E-state index is 5.63. The molecule has 2 bridgehead atoms. The van der Waals surface area contributed by atoms with Gasteiger partial charge in [0.1, 0.15) is 6.10 Å². The first kappa shape index (κ1) is 7.50. The van der Waals surface area contributed by atoms with Gasteiger partial charge in [0.15, 0.2) is 0 Å². The normalized spacial score (nSPS) is 42.6. The fraction of sp³-hybridized carbons (Fsp3) is 0.750. The SMILES string of the molecule is BrC1=C[C@@H]2O[C@H]1CC21OCCO1. The van der Waals surface area contributed by atoms with Crippen LogP contribution in [0.3, 0.4) is 0 Å². The molecular weight excluding hydrogens is 224 g/mol. The molecule has 3 rings (SSSR count). The zero-order valence-electron chi connectivity index (χ0n) is 6.46. The minimum absolute atomic E-state index is 0.000579. The van der Waals surface area contributed by atoms with E-state index in [4.69, 9.17) is 14.2 Å². The molecule has 2 fully saturated rings. The molecule has 12 heavy (non-hydrogen) atoms. The van der Waals surface area contributed by atoms with Gasteiger partial charge < -0.3 is 14.2 Å². The zero-order chi connectivity index (χ0) is 8.18. The molecule has 3 aliphatic rings. The summed E-state index contributed by atoms with van der Waals surface area (Å²) in [4.78, 5) is 0. The van der Waals surface area contributed by atoms with E-state index in [1.165, 1.54) is 0 Å². The molecule has 0 unspecified atom stereocenters. The smallest absolute Gasteiger partial charge is 0.201 e. The standard InChI is InChI=1S/C8H9BrO3/c9-5-3-7-8(4-6(5)12-7)10-1-2-11-8/h3,6-7H,1-2,4H2/t6-,7-/m0/s1. The molecule has 3 aliphatic heterocycles. The maximum atomic E-state index is 5.63. The van der Waals surface area contributed by atoms with Crippen LogP contribution in [0.15, 0.2) is 10.6 Å². The summed E-state index contributed by atoms with van der Waals surface area (Å²) in [7, 11) is 0. The molecule has 3 heterocycles. The molecular formula is C8H9BrO3. The van der Waals surface area contributed by atoms with Crippen LogP contribution in [0, 0.1) is 0 Å². The van der Waals surface area contributed by atoms with Crippen molar-refractivity contribution in [2.75, 3.05) is 13.2 Å². The van der Waals surface area contributed by atoms with Gasteiger partial charge in [-0.15, -0.1) is 0 Å². The maximum Gasteiger partial charge on any atom is 0.201 e. The van der Waals surface area contributed by atoms with Gasteiger partial charge in [0.2, 0.25) is 5.79 Å². The molecule has 3 nitrogen and oxygen atoms in total. The number of ether oxygens (including phenoxy) is 3. The summed E-state index contributed by atoms with van der Waals surface area (Å²) in [6.45, 7) is 1.38. The Hall–Kier alpha value is 0.1000. The van der Waals surface area contributed by atoms with Crippen molar-refractivity contribution < 1.29 is 14.2 Å². The van der Waals surface area contributed by atoms with Crippen LogP contribution in [-0.2, 0) is 14.2 Å². The van der Waals surface area contributed by atoms with E-state index in [1.807, 2.05) is 6.08 Å². The van der Waals surface area contributed by atoms with Crippen LogP contribution in [0.25, 0.3) is 0 Å². The van der Waals surface area contributed by atoms with E-state index in [-0.39, 0.29) is 12.2 Å². The summed E-state index contributed by atoms with van der Waals surface area (Å²) in [6, 6.07) is 0. The van der Waals surface area contributed by atoms with Gasteiger partial charge in [0.25, 0.3) is 0 Å². The molecule has 0 aromatic rings. The Bertz CT molecular complexity index is 245. The van der Waals surface area contributed by atoms with Crippen molar-refractivity contribution in [1.29, 1.82) is 0 Å². The van der Waals surface area contributed by atoms with Gasteiger partial charge in [-0.05, 0) is 6.08 Å². The van der Waals surface area contributed by atoms with Crippen LogP contribution >= 0.6 is 15.9 Å². The van der Waals surface area contributed by atoms with Crippen molar-refractivity contribution in [3.8, 4) is 0 Å². The Kier molecular flexibility index (Phi) is 1.45. The third kappa shape index (κ3) is 0.812. The Morgan fingerprint density at radius 1 is 1.42 bits per heavy atom. The van der Waals surface area contributed by atoms with Crippen LogP contribution in [-0.4, -0.2) is 31.2 Å². The molecule has 1 spiro atoms. The molecule has 0 aromatic carbocycles. The lowest BCUT2D eigenvalue weighted by Crippen LogP contribution is -2.39. The van der Waals surface area contributed by atoms with E-state index in [2.05, 4.69) is 15.9 Å². The van der Waals surface area contributed by atoms with Gasteiger partial charge in [-0.3, -0.25) is 0 Å². The molecule has 0 amide bonds. The molecule has 2 atom stereocenters. The lowest BCUT2D eigenvalue weighted by molar-refractivity contribution is -0.175. The topological polar surface area (TPSA) is 27.7 Å². The molecule has 2 saturated heterocycles. The lowest BCUT2D eigenvalue weighted by Gasteiger charge is -2.26. The predicted molar refractivity (Wildman–Crippen MR) is 44.9 cm³/mol. The first-order valence-corrected chi connectivity index (χ1v) is 4.90. The molecule has 0 saturated carbocycles. The van der Waals surface area contributed by atoms with Gasteiger partial charge in [-0.1, -0.05) is 15.9 Å². The van der Waals surface area contributed by atoms with Crippen LogP contribution in [0.4, 0.5) is 0 Å². The van der Waals surface area contributed by atoms with E-state index in [0.29, 0.717) is 13.2 Å². The van der Waals surface area contributed by atoms with Gasteiger partial charge in [0, 0.05) is 10.9 Å². The third-order valence-corrected chi connectivity index (χ3v) is 3.38. The van der Waals surface area contributed by atoms with Crippen molar-refractivity contribution in [1.82, 2.24) is 0 Å². The van der Waals surface area contributed by atoms with E-state index in [1.54, 1.807) is 0 Å². The van der Waals surface area contributed by atoms with Crippen molar-refractivity contribution in [3.63, 3.8) is 0 Å². The van der Waals surface area contributed by atoms with E-state index < -0.39 is 5.79 Å². The van der Waals surface area contributed by atoms with Crippen molar-refractivity contribution in [2.45, 2.75) is 24.4 Å². The van der Waals surface area contributed by atoms with Crippen LogP contribution in [0.2, 0.25) is 0 Å². The van der Waals surface area contributed by atoms with Gasteiger partial charge in [-0.2, -0.15) is 0 Å². The highest BCUT2D eigenvalue weighted by molar-refractivity contribution is 9.11. The Morgan fingerprint density at radius 2 is 2.17 bits per heavy atom. The molecule has 0 N–H and O–H groups in total. The fourth-order valence-electron chi connectivity index (χ4n) is 2.04. The Balaban J connectivity index is 1.93. The second-order valence-corrected chi connectivity index (χ2v) is 4.23. The van der Waals surface area contributed by atoms with Crippen LogP contribution in [0.1, 0.15) is 6.42 Å². The van der Waals surface area contributed by atoms with Crippen LogP contribution in [0.5, 0.6) is 0 Å². The highest BCUT2D eigenvalue weighted by Crippen LogP contribution is 2.47. The molecule has 66 valence electrons. The largest absolute Gasteiger partial charge is 0.360 e. The second kappa shape index (κ2) is 2.32. The minimum Gasteiger partial charge on any atom is -0.360 e. The first-order valence-electron chi connectivity index (χ1n) is 4.11. The van der Waals surface area contributed by atoms with Gasteiger partial charge in [0.05, 0.1) is 19.3 Å². The van der Waals surface area contributed by atoms with Crippen molar-refractivity contribution in [3.05, 3.63) is 10.6 Å². The minimum atomic E-state index is -0.443. The molecule has 4 heteroatoms. The van der Waals surface area contributed by atoms with E-state index >= 15 is 0 Å². The van der Waals surface area contributed by atoms with Gasteiger partial charge >= 0.3 is 0 Å². The molecule has 0 aromatic heterocycles. The highest BCUT2D eigenvalue weighted by atomic mass is 79.9. The lowest BCUT2D eigenvalue weighted by atomic mass is 10.0. The monoisotopic (exact) mass is 232 g/mol. The van der Waals surface area contributed by atoms with Crippen molar-refractivity contribution >= 4 is 15.9 Å². The average molecular weight is 233 g/mol.